The van der Waals surface area contributed by atoms with Crippen molar-refractivity contribution in [3.05, 3.63) is 77.4 Å². The third-order valence-electron chi connectivity index (χ3n) is 4.58. The Morgan fingerprint density at radius 1 is 1.06 bits per heavy atom. The van der Waals surface area contributed by atoms with E-state index in [-0.39, 0.29) is 11.3 Å². The lowest BCUT2D eigenvalue weighted by Gasteiger charge is -2.08. The van der Waals surface area contributed by atoms with Gasteiger partial charge in [-0.05, 0) is 48.0 Å². The van der Waals surface area contributed by atoms with Crippen LogP contribution < -0.4 is 0 Å². The van der Waals surface area contributed by atoms with Gasteiger partial charge in [0.25, 0.3) is 0 Å². The summed E-state index contributed by atoms with van der Waals surface area (Å²) < 4.78 is 25.4. The van der Waals surface area contributed by atoms with Crippen LogP contribution in [0.1, 0.15) is 5.69 Å². The molecule has 2 heterocycles. The summed E-state index contributed by atoms with van der Waals surface area (Å²) in [6.07, 6.45) is 0.969. The van der Waals surface area contributed by atoms with Crippen LogP contribution in [-0.4, -0.2) is 35.5 Å². The molecule has 0 unspecified atom stereocenters. The van der Waals surface area contributed by atoms with Gasteiger partial charge in [0.05, 0.1) is 38.3 Å². The van der Waals surface area contributed by atoms with Crippen LogP contribution in [0.15, 0.2) is 71.6 Å². The molecule has 0 aliphatic carbocycles. The number of sulfone groups is 1. The Balaban J connectivity index is 1.81. The molecule has 0 aliphatic rings. The van der Waals surface area contributed by atoms with Gasteiger partial charge in [0.1, 0.15) is 0 Å². The second-order valence-electron chi connectivity index (χ2n) is 6.92. The summed E-state index contributed by atoms with van der Waals surface area (Å²) >= 11 is 7.82. The van der Waals surface area contributed by atoms with Crippen LogP contribution in [0, 0.1) is 0 Å². The number of carboxylic acids is 1. The van der Waals surface area contributed by atoms with E-state index in [9.17, 15) is 18.3 Å². The fourth-order valence-corrected chi connectivity index (χ4v) is 5.05. The molecule has 2 aromatic heterocycles. The Hall–Kier alpha value is -2.94. The molecule has 1 N–H and O–H groups in total. The molecule has 0 saturated carbocycles. The predicted octanol–water partition coefficient (Wildman–Crippen LogP) is 4.95. The van der Waals surface area contributed by atoms with E-state index in [1.807, 2.05) is 36.4 Å². The molecule has 0 bridgehead atoms. The summed E-state index contributed by atoms with van der Waals surface area (Å²) in [5, 5.41) is 14.1. The van der Waals surface area contributed by atoms with Crippen molar-refractivity contribution in [2.24, 2.45) is 0 Å². The summed E-state index contributed by atoms with van der Waals surface area (Å²) in [4.78, 5) is 13.2. The van der Waals surface area contributed by atoms with Crippen LogP contribution in [-0.2, 0) is 21.1 Å². The SMILES string of the molecule is CS(=O)(=O)c1cccc(-c2ccc(-c3cc(CC(=O)O)nn3-c3ccccc3Cl)s2)c1. The Morgan fingerprint density at radius 2 is 1.81 bits per heavy atom. The van der Waals surface area contributed by atoms with Crippen LogP contribution in [0.2, 0.25) is 5.02 Å². The number of aliphatic carboxylic acids is 1. The minimum atomic E-state index is -3.31. The molecule has 0 aliphatic heterocycles. The summed E-state index contributed by atoms with van der Waals surface area (Å²) in [7, 11) is -3.31. The lowest BCUT2D eigenvalue weighted by Crippen LogP contribution is -2.03. The zero-order valence-corrected chi connectivity index (χ0v) is 18.7. The highest BCUT2D eigenvalue weighted by Crippen LogP contribution is 2.37. The number of aromatic nitrogens is 2. The van der Waals surface area contributed by atoms with E-state index in [1.54, 1.807) is 35.0 Å². The highest BCUT2D eigenvalue weighted by molar-refractivity contribution is 7.90. The number of carbonyl (C=O) groups is 1. The lowest BCUT2D eigenvalue weighted by atomic mass is 10.2. The van der Waals surface area contributed by atoms with Crippen molar-refractivity contribution >= 4 is 38.7 Å². The van der Waals surface area contributed by atoms with Gasteiger partial charge in [0.15, 0.2) is 9.84 Å². The molecule has 0 atom stereocenters. The molecular weight excluding hydrogens is 456 g/mol. The normalized spacial score (nSPS) is 11.5. The minimum Gasteiger partial charge on any atom is -0.481 e. The number of benzene rings is 2. The van der Waals surface area contributed by atoms with Crippen molar-refractivity contribution in [3.63, 3.8) is 0 Å². The molecular formula is C22H17ClN2O4S2. The fraction of sp³-hybridized carbons (Fsp3) is 0.0909. The van der Waals surface area contributed by atoms with Crippen molar-refractivity contribution in [1.29, 1.82) is 0 Å². The number of halogens is 1. The van der Waals surface area contributed by atoms with Crippen molar-refractivity contribution in [2.45, 2.75) is 11.3 Å². The lowest BCUT2D eigenvalue weighted by molar-refractivity contribution is -0.136. The van der Waals surface area contributed by atoms with E-state index < -0.39 is 15.8 Å². The van der Waals surface area contributed by atoms with Crippen LogP contribution >= 0.6 is 22.9 Å². The Labute approximate surface area is 188 Å². The molecule has 158 valence electrons. The van der Waals surface area contributed by atoms with E-state index in [0.29, 0.717) is 22.1 Å². The molecule has 4 rings (SSSR count). The van der Waals surface area contributed by atoms with Crippen molar-refractivity contribution in [3.8, 4) is 26.7 Å². The summed E-state index contributed by atoms with van der Waals surface area (Å²) in [5.41, 5.74) is 2.55. The molecule has 4 aromatic rings. The van der Waals surface area contributed by atoms with Crippen LogP contribution in [0.3, 0.4) is 0 Å². The van der Waals surface area contributed by atoms with Crippen LogP contribution in [0.5, 0.6) is 0 Å². The Morgan fingerprint density at radius 3 is 2.52 bits per heavy atom. The van der Waals surface area contributed by atoms with Gasteiger partial charge in [0, 0.05) is 11.1 Å². The maximum atomic E-state index is 11.9. The first-order valence-corrected chi connectivity index (χ1v) is 12.3. The van der Waals surface area contributed by atoms with Gasteiger partial charge in [-0.2, -0.15) is 5.10 Å². The van der Waals surface area contributed by atoms with E-state index >= 15 is 0 Å². The maximum absolute atomic E-state index is 11.9. The Kier molecular flexibility index (Phi) is 5.70. The van der Waals surface area contributed by atoms with E-state index in [4.69, 9.17) is 11.6 Å². The summed E-state index contributed by atoms with van der Waals surface area (Å²) in [6.45, 7) is 0. The average molecular weight is 473 g/mol. The van der Waals surface area contributed by atoms with Crippen LogP contribution in [0.25, 0.3) is 26.7 Å². The average Bonchev–Trinajstić information content (AvgIpc) is 3.34. The summed E-state index contributed by atoms with van der Waals surface area (Å²) in [5.74, 6) is -0.972. The largest absolute Gasteiger partial charge is 0.481 e. The first kappa shape index (κ1) is 21.3. The topological polar surface area (TPSA) is 89.3 Å². The fourth-order valence-electron chi connectivity index (χ4n) is 3.16. The third-order valence-corrected chi connectivity index (χ3v) is 7.16. The molecule has 0 fully saturated rings. The van der Waals surface area contributed by atoms with Gasteiger partial charge in [0.2, 0.25) is 0 Å². The maximum Gasteiger partial charge on any atom is 0.309 e. The third kappa shape index (κ3) is 4.56. The summed E-state index contributed by atoms with van der Waals surface area (Å²) in [6, 6.07) is 19.5. The number of thiophene rings is 1. The van der Waals surface area contributed by atoms with E-state index in [0.717, 1.165) is 15.3 Å². The van der Waals surface area contributed by atoms with Gasteiger partial charge < -0.3 is 5.11 Å². The molecule has 2 aromatic carbocycles. The number of rotatable bonds is 6. The van der Waals surface area contributed by atoms with Crippen molar-refractivity contribution in [2.75, 3.05) is 6.26 Å². The number of para-hydroxylation sites is 1. The zero-order valence-electron chi connectivity index (χ0n) is 16.3. The van der Waals surface area contributed by atoms with Gasteiger partial charge in [-0.15, -0.1) is 11.3 Å². The predicted molar refractivity (Wildman–Crippen MR) is 122 cm³/mol. The van der Waals surface area contributed by atoms with Gasteiger partial charge in [-0.1, -0.05) is 35.9 Å². The monoisotopic (exact) mass is 472 g/mol. The quantitative estimate of drug-likeness (QED) is 0.428. The van der Waals surface area contributed by atoms with E-state index in [2.05, 4.69) is 5.10 Å². The number of hydrogen-bond donors (Lipinski definition) is 1. The first-order valence-electron chi connectivity index (χ1n) is 9.19. The van der Waals surface area contributed by atoms with Gasteiger partial charge in [-0.3, -0.25) is 4.79 Å². The first-order chi connectivity index (χ1) is 14.7. The molecule has 0 saturated heterocycles. The number of nitrogens with zero attached hydrogens (tertiary/aromatic N) is 2. The number of carboxylic acid groups (broad SMARTS) is 1. The Bertz CT molecular complexity index is 1390. The zero-order chi connectivity index (χ0) is 22.2. The second-order valence-corrected chi connectivity index (χ2v) is 10.4. The highest BCUT2D eigenvalue weighted by atomic mass is 35.5. The molecule has 0 spiro atoms. The molecule has 0 radical (unpaired) electrons. The smallest absolute Gasteiger partial charge is 0.309 e. The van der Waals surface area contributed by atoms with Gasteiger partial charge in [-0.25, -0.2) is 13.1 Å². The second kappa shape index (κ2) is 8.30. The molecule has 6 nitrogen and oxygen atoms in total. The van der Waals surface area contributed by atoms with E-state index in [1.165, 1.54) is 17.6 Å². The minimum absolute atomic E-state index is 0.209. The van der Waals surface area contributed by atoms with Crippen molar-refractivity contribution < 1.29 is 18.3 Å². The van der Waals surface area contributed by atoms with Crippen LogP contribution in [0.4, 0.5) is 0 Å². The molecule has 0 amide bonds. The highest BCUT2D eigenvalue weighted by Gasteiger charge is 2.18. The van der Waals surface area contributed by atoms with Gasteiger partial charge >= 0.3 is 5.97 Å². The molecule has 31 heavy (non-hydrogen) atoms. The number of hydrogen-bond acceptors (Lipinski definition) is 5. The molecule has 9 heteroatoms. The van der Waals surface area contributed by atoms with Crippen molar-refractivity contribution in [1.82, 2.24) is 9.78 Å². The standard InChI is InChI=1S/C22H17ClN2O4S2/c1-31(28,29)16-6-4-5-14(11-16)20-9-10-21(30-20)19-12-15(13-22(26)27)24-25(19)18-8-3-2-7-17(18)23/h2-12H,13H2,1H3,(H,26,27).